The summed E-state index contributed by atoms with van der Waals surface area (Å²) in [6.07, 6.45) is 3.55. The fourth-order valence-electron chi connectivity index (χ4n) is 3.73. The highest BCUT2D eigenvalue weighted by Gasteiger charge is 2.31. The third-order valence-electron chi connectivity index (χ3n) is 5.29. The molecule has 1 unspecified atom stereocenters. The normalized spacial score (nSPS) is 17.0. The molecule has 1 aliphatic heterocycles. The second-order valence-electron chi connectivity index (χ2n) is 7.35. The lowest BCUT2D eigenvalue weighted by Gasteiger charge is -2.43. The number of aryl methyl sites for hydroxylation is 1. The minimum absolute atomic E-state index is 0.00434. The Morgan fingerprint density at radius 1 is 1.10 bits per heavy atom. The Balaban J connectivity index is 1.61. The molecule has 0 spiro atoms. The summed E-state index contributed by atoms with van der Waals surface area (Å²) in [5.74, 6) is 0.0250. The van der Waals surface area contributed by atoms with Crippen LogP contribution in [0.4, 0.5) is 5.69 Å². The van der Waals surface area contributed by atoms with Crippen molar-refractivity contribution in [2.45, 2.75) is 13.0 Å². The molecule has 2 aromatic carbocycles. The third-order valence-corrected chi connectivity index (χ3v) is 6.69. The smallest absolute Gasteiger partial charge is 0.246 e. The van der Waals surface area contributed by atoms with E-state index in [9.17, 15) is 4.79 Å². The number of anilines is 1. The van der Waals surface area contributed by atoms with Gasteiger partial charge in [0.25, 0.3) is 0 Å². The van der Waals surface area contributed by atoms with Gasteiger partial charge in [-0.15, -0.1) is 11.3 Å². The van der Waals surface area contributed by atoms with Gasteiger partial charge in [0.1, 0.15) is 0 Å². The molecule has 4 rings (SSSR count). The van der Waals surface area contributed by atoms with Gasteiger partial charge in [0.05, 0.1) is 16.8 Å². The predicted molar refractivity (Wildman–Crippen MR) is 128 cm³/mol. The summed E-state index contributed by atoms with van der Waals surface area (Å²) in [6, 6.07) is 17.9. The monoisotopic (exact) mass is 456 g/mol. The van der Waals surface area contributed by atoms with Crippen LogP contribution in [-0.4, -0.2) is 30.4 Å². The molecule has 0 radical (unpaired) electrons. The van der Waals surface area contributed by atoms with Crippen molar-refractivity contribution in [3.63, 3.8) is 0 Å². The van der Waals surface area contributed by atoms with E-state index < -0.39 is 0 Å². The number of hydrogen-bond acceptors (Lipinski definition) is 3. The standard InChI is InChI=1S/C24H22Cl2N2OS/c1-17-4-10-22(21(26)15-17)28-13-12-27(24(29)11-9-20-3-2-14-30-20)16-23(28)18-5-7-19(25)8-6-18/h2-11,14-15,23H,12-13,16H2,1H3/b11-9+. The van der Waals surface area contributed by atoms with Crippen molar-refractivity contribution in [2.75, 3.05) is 24.5 Å². The van der Waals surface area contributed by atoms with Gasteiger partial charge in [0.2, 0.25) is 5.91 Å². The van der Waals surface area contributed by atoms with Crippen LogP contribution in [0.3, 0.4) is 0 Å². The molecule has 1 fully saturated rings. The highest BCUT2D eigenvalue weighted by atomic mass is 35.5. The van der Waals surface area contributed by atoms with Crippen LogP contribution < -0.4 is 4.90 Å². The number of nitrogens with zero attached hydrogens (tertiary/aromatic N) is 2. The van der Waals surface area contributed by atoms with Crippen LogP contribution in [-0.2, 0) is 4.79 Å². The first-order valence-electron chi connectivity index (χ1n) is 9.80. The SMILES string of the molecule is Cc1ccc(N2CCN(C(=O)/C=C/c3cccs3)CC2c2ccc(Cl)cc2)c(Cl)c1. The fourth-order valence-corrected chi connectivity index (χ4v) is 4.82. The summed E-state index contributed by atoms with van der Waals surface area (Å²) in [5, 5.41) is 3.43. The average molecular weight is 457 g/mol. The number of thiophene rings is 1. The molecule has 0 aliphatic carbocycles. The Bertz CT molecular complexity index is 1050. The number of amides is 1. The molecule has 0 bridgehead atoms. The molecule has 154 valence electrons. The summed E-state index contributed by atoms with van der Waals surface area (Å²) in [7, 11) is 0. The van der Waals surface area contributed by atoms with Gasteiger partial charge in [-0.25, -0.2) is 0 Å². The maximum absolute atomic E-state index is 12.9. The summed E-state index contributed by atoms with van der Waals surface area (Å²) in [6.45, 7) is 3.96. The van der Waals surface area contributed by atoms with Gasteiger partial charge in [0.15, 0.2) is 0 Å². The minimum atomic E-state index is -0.00434. The first kappa shape index (κ1) is 21.0. The van der Waals surface area contributed by atoms with Gasteiger partial charge in [-0.05, 0) is 59.8 Å². The van der Waals surface area contributed by atoms with Gasteiger partial charge in [-0.1, -0.05) is 47.5 Å². The van der Waals surface area contributed by atoms with E-state index >= 15 is 0 Å². The van der Waals surface area contributed by atoms with E-state index in [4.69, 9.17) is 23.2 Å². The van der Waals surface area contributed by atoms with E-state index in [1.54, 1.807) is 17.4 Å². The Morgan fingerprint density at radius 3 is 2.60 bits per heavy atom. The quantitative estimate of drug-likeness (QED) is 0.420. The maximum Gasteiger partial charge on any atom is 0.246 e. The van der Waals surface area contributed by atoms with Crippen molar-refractivity contribution in [2.24, 2.45) is 0 Å². The second-order valence-corrected chi connectivity index (χ2v) is 9.17. The molecule has 2 heterocycles. The maximum atomic E-state index is 12.9. The molecule has 3 aromatic rings. The Labute approximate surface area is 191 Å². The summed E-state index contributed by atoms with van der Waals surface area (Å²) in [4.78, 5) is 18.1. The summed E-state index contributed by atoms with van der Waals surface area (Å²) >= 11 is 14.3. The van der Waals surface area contributed by atoms with E-state index in [-0.39, 0.29) is 11.9 Å². The minimum Gasteiger partial charge on any atom is -0.360 e. The van der Waals surface area contributed by atoms with Crippen LogP contribution in [0, 0.1) is 6.92 Å². The van der Waals surface area contributed by atoms with E-state index in [2.05, 4.69) is 17.0 Å². The van der Waals surface area contributed by atoms with E-state index in [1.165, 1.54) is 0 Å². The highest BCUT2D eigenvalue weighted by Crippen LogP contribution is 2.36. The number of piperazine rings is 1. The number of benzene rings is 2. The largest absolute Gasteiger partial charge is 0.360 e. The number of hydrogen-bond donors (Lipinski definition) is 0. The van der Waals surface area contributed by atoms with Crippen molar-refractivity contribution in [1.82, 2.24) is 4.90 Å². The zero-order valence-electron chi connectivity index (χ0n) is 16.6. The summed E-state index contributed by atoms with van der Waals surface area (Å²) in [5.41, 5.74) is 3.22. The number of carbonyl (C=O) groups is 1. The van der Waals surface area contributed by atoms with Crippen LogP contribution in [0.2, 0.25) is 10.0 Å². The summed E-state index contributed by atoms with van der Waals surface area (Å²) < 4.78 is 0. The zero-order chi connectivity index (χ0) is 21.1. The van der Waals surface area contributed by atoms with Gasteiger partial charge < -0.3 is 9.80 Å². The topological polar surface area (TPSA) is 23.6 Å². The lowest BCUT2D eigenvalue weighted by Crippen LogP contribution is -2.50. The van der Waals surface area contributed by atoms with Gasteiger partial charge >= 0.3 is 0 Å². The molecule has 1 aliphatic rings. The molecule has 1 aromatic heterocycles. The van der Waals surface area contributed by atoms with Crippen molar-refractivity contribution in [1.29, 1.82) is 0 Å². The van der Waals surface area contributed by atoms with Crippen LogP contribution in [0.5, 0.6) is 0 Å². The Hall–Kier alpha value is -2.27. The van der Waals surface area contributed by atoms with Gasteiger partial charge in [-0.3, -0.25) is 4.79 Å². The molecule has 30 heavy (non-hydrogen) atoms. The van der Waals surface area contributed by atoms with Crippen molar-refractivity contribution < 1.29 is 4.79 Å². The molecule has 1 atom stereocenters. The molecule has 3 nitrogen and oxygen atoms in total. The molecule has 6 heteroatoms. The molecule has 1 saturated heterocycles. The first-order valence-corrected chi connectivity index (χ1v) is 11.4. The van der Waals surface area contributed by atoms with Crippen molar-refractivity contribution >= 4 is 52.2 Å². The average Bonchev–Trinajstić information content (AvgIpc) is 3.26. The molecule has 0 saturated carbocycles. The van der Waals surface area contributed by atoms with Crippen molar-refractivity contribution in [3.8, 4) is 0 Å². The van der Waals surface area contributed by atoms with E-state index in [0.717, 1.165) is 26.7 Å². The highest BCUT2D eigenvalue weighted by molar-refractivity contribution is 7.10. The Morgan fingerprint density at radius 2 is 1.90 bits per heavy atom. The van der Waals surface area contributed by atoms with Crippen LogP contribution >= 0.6 is 34.5 Å². The molecule has 1 amide bonds. The van der Waals surface area contributed by atoms with Crippen LogP contribution in [0.15, 0.2) is 66.1 Å². The number of rotatable bonds is 4. The lowest BCUT2D eigenvalue weighted by molar-refractivity contribution is -0.126. The molecule has 0 N–H and O–H groups in total. The fraction of sp³-hybridized carbons (Fsp3) is 0.208. The number of carbonyl (C=O) groups excluding carboxylic acids is 1. The van der Waals surface area contributed by atoms with Gasteiger partial charge in [0, 0.05) is 35.6 Å². The molecular formula is C24H22Cl2N2OS. The van der Waals surface area contributed by atoms with Gasteiger partial charge in [-0.2, -0.15) is 0 Å². The van der Waals surface area contributed by atoms with E-state index in [0.29, 0.717) is 24.7 Å². The van der Waals surface area contributed by atoms with Crippen LogP contribution in [0.1, 0.15) is 22.0 Å². The first-order chi connectivity index (χ1) is 14.5. The van der Waals surface area contributed by atoms with E-state index in [1.807, 2.05) is 65.7 Å². The number of halogens is 2. The lowest BCUT2D eigenvalue weighted by atomic mass is 10.0. The molecular weight excluding hydrogens is 435 g/mol. The van der Waals surface area contributed by atoms with Crippen LogP contribution in [0.25, 0.3) is 6.08 Å². The van der Waals surface area contributed by atoms with Crippen molar-refractivity contribution in [3.05, 3.63) is 92.1 Å². The third kappa shape index (κ3) is 4.72. The second kappa shape index (κ2) is 9.25. The Kier molecular flexibility index (Phi) is 6.47. The zero-order valence-corrected chi connectivity index (χ0v) is 18.9. The predicted octanol–water partition coefficient (Wildman–Crippen LogP) is 6.47.